The van der Waals surface area contributed by atoms with Crippen LogP contribution in [-0.2, 0) is 4.79 Å². The maximum atomic E-state index is 10.6. The topological polar surface area (TPSA) is 20.3 Å². The van der Waals surface area contributed by atoms with Crippen molar-refractivity contribution in [2.75, 3.05) is 11.4 Å². The maximum Gasteiger partial charge on any atom is 0.222 e. The first-order valence-corrected chi connectivity index (χ1v) is 4.73. The van der Waals surface area contributed by atoms with Crippen molar-refractivity contribution in [3.8, 4) is 0 Å². The van der Waals surface area contributed by atoms with Crippen LogP contribution in [0.15, 0.2) is 30.3 Å². The fourth-order valence-corrected chi connectivity index (χ4v) is 1.71. The van der Waals surface area contributed by atoms with Crippen LogP contribution in [0.5, 0.6) is 0 Å². The van der Waals surface area contributed by atoms with E-state index >= 15 is 0 Å². The van der Waals surface area contributed by atoms with E-state index in [-0.39, 0.29) is 6.04 Å². The Kier molecular flexibility index (Phi) is 2.35. The number of carbonyl (C=O) groups excluding carboxylic acids is 1. The first-order valence-electron chi connectivity index (χ1n) is 4.73. The van der Waals surface area contributed by atoms with Crippen LogP contribution in [-0.4, -0.2) is 18.9 Å². The Labute approximate surface area is 83.8 Å². The maximum absolute atomic E-state index is 10.6. The van der Waals surface area contributed by atoms with Gasteiger partial charge in [0.25, 0.3) is 0 Å². The van der Waals surface area contributed by atoms with Crippen molar-refractivity contribution in [2.24, 2.45) is 0 Å². The Morgan fingerprint density at radius 2 is 2.21 bits per heavy atom. The average molecular weight is 186 g/mol. The number of benzene rings is 1. The zero-order valence-electron chi connectivity index (χ0n) is 8.10. The zero-order valence-corrected chi connectivity index (χ0v) is 8.10. The number of hydrogen-bond acceptors (Lipinski definition) is 2. The predicted molar refractivity (Wildman–Crippen MR) is 58.0 cm³/mol. The van der Waals surface area contributed by atoms with E-state index in [9.17, 15) is 4.79 Å². The lowest BCUT2D eigenvalue weighted by Crippen LogP contribution is -2.35. The molecule has 0 saturated heterocycles. The molecule has 0 saturated carbocycles. The lowest BCUT2D eigenvalue weighted by atomic mass is 10.1. The van der Waals surface area contributed by atoms with Crippen LogP contribution in [0.3, 0.4) is 0 Å². The molecule has 1 heterocycles. The van der Waals surface area contributed by atoms with E-state index in [0.717, 1.165) is 12.2 Å². The minimum Gasteiger partial charge on any atom is -0.357 e. The van der Waals surface area contributed by atoms with Crippen molar-refractivity contribution >= 4 is 18.0 Å². The molecule has 2 rings (SSSR count). The molecule has 0 spiro atoms. The van der Waals surface area contributed by atoms with Crippen molar-refractivity contribution in [1.29, 1.82) is 0 Å². The summed E-state index contributed by atoms with van der Waals surface area (Å²) in [7, 11) is 0. The van der Waals surface area contributed by atoms with Crippen molar-refractivity contribution in [3.05, 3.63) is 35.9 Å². The van der Waals surface area contributed by atoms with Gasteiger partial charge < -0.3 is 4.90 Å². The number of rotatable bonds is 2. The normalized spacial score (nSPS) is 16.2. The molecule has 1 aromatic carbocycles. The summed E-state index contributed by atoms with van der Waals surface area (Å²) < 4.78 is 0. The summed E-state index contributed by atoms with van der Waals surface area (Å²) in [5.74, 6) is 0. The number of fused-ring (bicyclic) bond motifs is 1. The summed E-state index contributed by atoms with van der Waals surface area (Å²) >= 11 is 0. The Hall–Kier alpha value is -1.57. The van der Waals surface area contributed by atoms with Gasteiger partial charge in [-0.05, 0) is 18.6 Å². The summed E-state index contributed by atoms with van der Waals surface area (Å²) in [5.41, 5.74) is 2.28. The lowest BCUT2D eigenvalue weighted by molar-refractivity contribution is 0.541. The fraction of sp³-hybridized carbons (Fsp3) is 0.250. The van der Waals surface area contributed by atoms with Gasteiger partial charge in [-0.25, -0.2) is 0 Å². The van der Waals surface area contributed by atoms with Crippen molar-refractivity contribution < 1.29 is 4.79 Å². The molecule has 1 unspecified atom stereocenters. The van der Waals surface area contributed by atoms with Crippen LogP contribution in [0.4, 0.5) is 5.69 Å². The third-order valence-electron chi connectivity index (χ3n) is 2.48. The number of anilines is 1. The molecule has 0 aliphatic carbocycles. The molecule has 0 fully saturated rings. The van der Waals surface area contributed by atoms with Gasteiger partial charge in [-0.2, -0.15) is 0 Å². The molecule has 71 valence electrons. The van der Waals surface area contributed by atoms with Crippen molar-refractivity contribution in [2.45, 2.75) is 13.0 Å². The standard InChI is InChI=1S/C12H12NO/c1-10(9-14)13-8-4-6-11-5-2-3-7-12(11)13/h2-7,10H,8H2,1H3. The van der Waals surface area contributed by atoms with Crippen LogP contribution in [0.25, 0.3) is 6.08 Å². The summed E-state index contributed by atoms with van der Waals surface area (Å²) in [6.07, 6.45) is 6.17. The van der Waals surface area contributed by atoms with E-state index in [0.29, 0.717) is 0 Å². The van der Waals surface area contributed by atoms with Crippen LogP contribution in [0, 0.1) is 0 Å². The highest BCUT2D eigenvalue weighted by Crippen LogP contribution is 2.26. The summed E-state index contributed by atoms with van der Waals surface area (Å²) in [4.78, 5) is 12.7. The molecule has 14 heavy (non-hydrogen) atoms. The molecule has 2 nitrogen and oxygen atoms in total. The van der Waals surface area contributed by atoms with Gasteiger partial charge in [-0.1, -0.05) is 30.4 Å². The molecular formula is C12H12NO. The highest BCUT2D eigenvalue weighted by atomic mass is 16.1. The fourth-order valence-electron chi connectivity index (χ4n) is 1.71. The summed E-state index contributed by atoms with van der Waals surface area (Å²) in [5, 5.41) is 0. The van der Waals surface area contributed by atoms with Gasteiger partial charge in [0, 0.05) is 12.2 Å². The molecule has 0 aromatic heterocycles. The second-order valence-corrected chi connectivity index (χ2v) is 3.41. The molecule has 0 N–H and O–H groups in total. The Balaban J connectivity index is 2.40. The molecule has 1 aliphatic heterocycles. The number of nitrogens with zero attached hydrogens (tertiary/aromatic N) is 1. The summed E-state index contributed by atoms with van der Waals surface area (Å²) in [6.45, 7) is 2.65. The van der Waals surface area contributed by atoms with Crippen LogP contribution < -0.4 is 4.90 Å². The monoisotopic (exact) mass is 186 g/mol. The molecule has 1 aromatic rings. The third-order valence-corrected chi connectivity index (χ3v) is 2.48. The predicted octanol–water partition coefficient (Wildman–Crippen LogP) is 2.02. The quantitative estimate of drug-likeness (QED) is 0.704. The second-order valence-electron chi connectivity index (χ2n) is 3.41. The number of para-hydroxylation sites is 1. The van der Waals surface area contributed by atoms with Crippen LogP contribution in [0.1, 0.15) is 12.5 Å². The van der Waals surface area contributed by atoms with Gasteiger partial charge >= 0.3 is 0 Å². The smallest absolute Gasteiger partial charge is 0.222 e. The van der Waals surface area contributed by atoms with Crippen molar-refractivity contribution in [1.82, 2.24) is 0 Å². The van der Waals surface area contributed by atoms with E-state index in [1.165, 1.54) is 5.56 Å². The number of hydrogen-bond donors (Lipinski definition) is 0. The Bertz CT molecular complexity index is 370. The van der Waals surface area contributed by atoms with E-state index < -0.39 is 0 Å². The van der Waals surface area contributed by atoms with Gasteiger partial charge in [-0.15, -0.1) is 0 Å². The Morgan fingerprint density at radius 3 is 3.00 bits per heavy atom. The zero-order chi connectivity index (χ0) is 9.97. The van der Waals surface area contributed by atoms with E-state index in [1.807, 2.05) is 36.3 Å². The van der Waals surface area contributed by atoms with E-state index in [4.69, 9.17) is 0 Å². The van der Waals surface area contributed by atoms with Crippen LogP contribution >= 0.6 is 0 Å². The van der Waals surface area contributed by atoms with E-state index in [2.05, 4.69) is 18.2 Å². The minimum absolute atomic E-state index is 0.180. The van der Waals surface area contributed by atoms with Crippen molar-refractivity contribution in [3.63, 3.8) is 0 Å². The van der Waals surface area contributed by atoms with Gasteiger partial charge in [0.2, 0.25) is 6.29 Å². The molecule has 1 radical (unpaired) electrons. The molecule has 1 aliphatic rings. The van der Waals surface area contributed by atoms with E-state index in [1.54, 1.807) is 0 Å². The molecular weight excluding hydrogens is 174 g/mol. The first-order chi connectivity index (χ1) is 6.83. The van der Waals surface area contributed by atoms with Gasteiger partial charge in [-0.3, -0.25) is 4.79 Å². The summed E-state index contributed by atoms with van der Waals surface area (Å²) in [6, 6.07) is 7.90. The molecule has 0 amide bonds. The average Bonchev–Trinajstić information content (AvgIpc) is 2.27. The lowest BCUT2D eigenvalue weighted by Gasteiger charge is -2.30. The SMILES string of the molecule is CC([C]=O)N1CC=Cc2ccccc21. The third kappa shape index (κ3) is 1.43. The highest BCUT2D eigenvalue weighted by Gasteiger charge is 2.17. The second kappa shape index (κ2) is 3.66. The largest absolute Gasteiger partial charge is 0.357 e. The highest BCUT2D eigenvalue weighted by molar-refractivity contribution is 5.76. The van der Waals surface area contributed by atoms with Gasteiger partial charge in [0.05, 0.1) is 6.04 Å². The van der Waals surface area contributed by atoms with Gasteiger partial charge in [0.15, 0.2) is 0 Å². The molecule has 0 bridgehead atoms. The minimum atomic E-state index is -0.180. The Morgan fingerprint density at radius 1 is 1.43 bits per heavy atom. The van der Waals surface area contributed by atoms with Gasteiger partial charge in [0.1, 0.15) is 0 Å². The molecule has 1 atom stereocenters. The van der Waals surface area contributed by atoms with Crippen LogP contribution in [0.2, 0.25) is 0 Å². The molecule has 2 heteroatoms. The first kappa shape index (κ1) is 9.00.